The van der Waals surface area contributed by atoms with Crippen molar-refractivity contribution in [1.29, 1.82) is 0 Å². The Balaban J connectivity index is 1.78. The summed E-state index contributed by atoms with van der Waals surface area (Å²) >= 11 is 0. The van der Waals surface area contributed by atoms with Crippen LogP contribution in [-0.4, -0.2) is 21.8 Å². The van der Waals surface area contributed by atoms with E-state index in [4.69, 9.17) is 0 Å². The van der Waals surface area contributed by atoms with Crippen molar-refractivity contribution in [2.24, 2.45) is 0 Å². The lowest BCUT2D eigenvalue weighted by atomic mass is 9.95. The van der Waals surface area contributed by atoms with E-state index in [1.165, 1.54) is 54.6 Å². The van der Waals surface area contributed by atoms with Crippen LogP contribution in [0.5, 0.6) is 11.5 Å². The highest BCUT2D eigenvalue weighted by Gasteiger charge is 2.16. The minimum atomic E-state index is -0.284. The lowest BCUT2D eigenvalue weighted by Crippen LogP contribution is -2.07. The lowest BCUT2D eigenvalue weighted by Gasteiger charge is -2.07. The summed E-state index contributed by atoms with van der Waals surface area (Å²) in [4.78, 5) is 26.1. The average molecular weight is 418 g/mol. The molecule has 0 unspecified atom stereocenters. The molecule has 0 amide bonds. The van der Waals surface area contributed by atoms with Crippen molar-refractivity contribution < 1.29 is 19.8 Å². The number of ketones is 2. The monoisotopic (exact) mass is 418 g/mol. The maximum Gasteiger partial charge on any atom is 0.193 e. The minimum absolute atomic E-state index is 0.0622. The van der Waals surface area contributed by atoms with Crippen LogP contribution in [0.15, 0.2) is 97.1 Å². The largest absolute Gasteiger partial charge is 0.508 e. The van der Waals surface area contributed by atoms with Crippen LogP contribution in [0.2, 0.25) is 0 Å². The maximum atomic E-state index is 13.1. The van der Waals surface area contributed by atoms with Crippen LogP contribution in [0, 0.1) is 11.8 Å². The summed E-state index contributed by atoms with van der Waals surface area (Å²) < 4.78 is 0. The molecule has 0 heterocycles. The number of hydrogen-bond acceptors (Lipinski definition) is 4. The fraction of sp³-hybridized carbons (Fsp3) is 0. The molecule has 2 N–H and O–H groups in total. The smallest absolute Gasteiger partial charge is 0.193 e. The number of aromatic hydroxyl groups is 2. The van der Waals surface area contributed by atoms with E-state index < -0.39 is 0 Å². The number of hydrogen-bond donors (Lipinski definition) is 2. The van der Waals surface area contributed by atoms with Crippen LogP contribution in [0.4, 0.5) is 0 Å². The summed E-state index contributed by atoms with van der Waals surface area (Å²) in [5.41, 5.74) is 2.75. The molecule has 0 aliphatic carbocycles. The van der Waals surface area contributed by atoms with E-state index >= 15 is 0 Å². The van der Waals surface area contributed by atoms with Crippen molar-refractivity contribution >= 4 is 11.6 Å². The molecule has 32 heavy (non-hydrogen) atoms. The number of benzene rings is 4. The number of rotatable bonds is 4. The van der Waals surface area contributed by atoms with Gasteiger partial charge in [-0.05, 0) is 78.9 Å². The van der Waals surface area contributed by atoms with Crippen LogP contribution in [0.1, 0.15) is 43.0 Å². The molecule has 4 aromatic carbocycles. The maximum absolute atomic E-state index is 13.1. The Kier molecular flexibility index (Phi) is 5.83. The van der Waals surface area contributed by atoms with Gasteiger partial charge < -0.3 is 10.2 Å². The SMILES string of the molecule is O=C(c1ccc(O)cc1)c1cc(C#Cc2ccccc2)cc(C(=O)c2ccc(O)cc2)c1. The third kappa shape index (κ3) is 4.75. The zero-order chi connectivity index (χ0) is 22.5. The van der Waals surface area contributed by atoms with Crippen molar-refractivity contribution in [2.75, 3.05) is 0 Å². The van der Waals surface area contributed by atoms with Crippen molar-refractivity contribution in [3.63, 3.8) is 0 Å². The van der Waals surface area contributed by atoms with Crippen molar-refractivity contribution in [1.82, 2.24) is 0 Å². The number of phenols is 2. The van der Waals surface area contributed by atoms with Gasteiger partial charge in [0, 0.05) is 33.4 Å². The number of phenolic OH excluding ortho intramolecular Hbond substituents is 2. The van der Waals surface area contributed by atoms with Gasteiger partial charge in [-0.25, -0.2) is 0 Å². The summed E-state index contributed by atoms with van der Waals surface area (Å²) in [5.74, 6) is 5.64. The normalized spacial score (nSPS) is 10.1. The van der Waals surface area contributed by atoms with Gasteiger partial charge in [-0.2, -0.15) is 0 Å². The summed E-state index contributed by atoms with van der Waals surface area (Å²) in [5, 5.41) is 19.0. The molecule has 4 heteroatoms. The molecular weight excluding hydrogens is 400 g/mol. The van der Waals surface area contributed by atoms with Gasteiger partial charge in [-0.15, -0.1) is 0 Å². The van der Waals surface area contributed by atoms with E-state index in [2.05, 4.69) is 11.8 Å². The molecule has 0 fully saturated rings. The van der Waals surface area contributed by atoms with Crippen LogP contribution in [-0.2, 0) is 0 Å². The molecular formula is C28H18O4. The van der Waals surface area contributed by atoms with Crippen LogP contribution >= 0.6 is 0 Å². The molecule has 154 valence electrons. The average Bonchev–Trinajstić information content (AvgIpc) is 2.83. The van der Waals surface area contributed by atoms with Gasteiger partial charge in [0.25, 0.3) is 0 Å². The molecule has 4 rings (SSSR count). The Labute approximate surface area is 185 Å². The second-order valence-electron chi connectivity index (χ2n) is 7.17. The summed E-state index contributed by atoms with van der Waals surface area (Å²) in [6, 6.07) is 26.1. The molecule has 0 aliphatic heterocycles. The van der Waals surface area contributed by atoms with E-state index in [0.29, 0.717) is 27.8 Å². The van der Waals surface area contributed by atoms with Gasteiger partial charge in [0.15, 0.2) is 11.6 Å². The lowest BCUT2D eigenvalue weighted by molar-refractivity contribution is 0.103. The quantitative estimate of drug-likeness (QED) is 0.363. The standard InChI is InChI=1S/C28H18O4/c29-25-12-8-21(9-13-25)27(31)23-16-20(7-6-19-4-2-1-3-5-19)17-24(18-23)28(32)22-10-14-26(30)15-11-22/h1-5,8-18,29-30H. The Morgan fingerprint density at radius 2 is 0.938 bits per heavy atom. The zero-order valence-corrected chi connectivity index (χ0v) is 16.9. The number of carbonyl (C=O) groups excluding carboxylic acids is 2. The first-order valence-corrected chi connectivity index (χ1v) is 9.89. The fourth-order valence-corrected chi connectivity index (χ4v) is 3.19. The molecule has 0 spiro atoms. The predicted molar refractivity (Wildman–Crippen MR) is 122 cm³/mol. The van der Waals surface area contributed by atoms with Gasteiger partial charge >= 0.3 is 0 Å². The molecule has 0 atom stereocenters. The highest BCUT2D eigenvalue weighted by molar-refractivity contribution is 6.13. The molecule has 0 radical (unpaired) electrons. The topological polar surface area (TPSA) is 74.6 Å². The van der Waals surface area contributed by atoms with Crippen molar-refractivity contribution in [3.05, 3.63) is 130 Å². The summed E-state index contributed by atoms with van der Waals surface area (Å²) in [6.07, 6.45) is 0. The van der Waals surface area contributed by atoms with Gasteiger partial charge in [-0.3, -0.25) is 9.59 Å². The second-order valence-corrected chi connectivity index (χ2v) is 7.17. The third-order valence-electron chi connectivity index (χ3n) is 4.84. The molecule has 4 nitrogen and oxygen atoms in total. The van der Waals surface area contributed by atoms with Gasteiger partial charge in [-0.1, -0.05) is 30.0 Å². The van der Waals surface area contributed by atoms with E-state index in [1.807, 2.05) is 30.3 Å². The van der Waals surface area contributed by atoms with E-state index in [0.717, 1.165) is 5.56 Å². The van der Waals surface area contributed by atoms with Crippen LogP contribution in [0.25, 0.3) is 0 Å². The summed E-state index contributed by atoms with van der Waals surface area (Å²) in [7, 11) is 0. The second kappa shape index (κ2) is 9.03. The molecule has 0 saturated carbocycles. The Morgan fingerprint density at radius 3 is 1.41 bits per heavy atom. The predicted octanol–water partition coefficient (Wildman–Crippen LogP) is 4.96. The first-order valence-electron chi connectivity index (χ1n) is 9.89. The van der Waals surface area contributed by atoms with E-state index in [9.17, 15) is 19.8 Å². The van der Waals surface area contributed by atoms with Gasteiger partial charge in [0.05, 0.1) is 0 Å². The molecule has 0 saturated heterocycles. The van der Waals surface area contributed by atoms with Crippen molar-refractivity contribution in [3.8, 4) is 23.3 Å². The molecule has 0 bridgehead atoms. The van der Waals surface area contributed by atoms with Crippen molar-refractivity contribution in [2.45, 2.75) is 0 Å². The highest BCUT2D eigenvalue weighted by atomic mass is 16.3. The Hall–Kier alpha value is -4.62. The molecule has 4 aromatic rings. The highest BCUT2D eigenvalue weighted by Crippen LogP contribution is 2.20. The van der Waals surface area contributed by atoms with E-state index in [1.54, 1.807) is 12.1 Å². The minimum Gasteiger partial charge on any atom is -0.508 e. The van der Waals surface area contributed by atoms with Crippen LogP contribution < -0.4 is 0 Å². The molecule has 0 aliphatic rings. The third-order valence-corrected chi connectivity index (χ3v) is 4.84. The summed E-state index contributed by atoms with van der Waals surface area (Å²) in [6.45, 7) is 0. The van der Waals surface area contributed by atoms with E-state index in [-0.39, 0.29) is 23.1 Å². The Morgan fingerprint density at radius 1 is 0.500 bits per heavy atom. The van der Waals surface area contributed by atoms with Gasteiger partial charge in [0.1, 0.15) is 11.5 Å². The zero-order valence-electron chi connectivity index (χ0n) is 16.9. The first-order chi connectivity index (χ1) is 15.5. The fourth-order valence-electron chi connectivity index (χ4n) is 3.19. The Bertz CT molecular complexity index is 1270. The first kappa shape index (κ1) is 20.6. The van der Waals surface area contributed by atoms with Gasteiger partial charge in [0.2, 0.25) is 0 Å². The molecule has 0 aromatic heterocycles. The number of carbonyl (C=O) groups is 2. The van der Waals surface area contributed by atoms with Crippen LogP contribution in [0.3, 0.4) is 0 Å².